The van der Waals surface area contributed by atoms with Gasteiger partial charge in [0.25, 0.3) is 15.9 Å². The van der Waals surface area contributed by atoms with Crippen molar-refractivity contribution in [3.63, 3.8) is 0 Å². The molecule has 7 heteroatoms. The Kier molecular flexibility index (Phi) is 6.65. The van der Waals surface area contributed by atoms with Crippen LogP contribution in [0.1, 0.15) is 22.3 Å². The maximum absolute atomic E-state index is 12.7. The lowest BCUT2D eigenvalue weighted by Gasteiger charge is -2.13. The van der Waals surface area contributed by atoms with Gasteiger partial charge in [-0.25, -0.2) is 8.42 Å². The van der Waals surface area contributed by atoms with Crippen molar-refractivity contribution in [2.24, 2.45) is 0 Å². The molecule has 3 rings (SSSR count). The van der Waals surface area contributed by atoms with Gasteiger partial charge >= 0.3 is 0 Å². The van der Waals surface area contributed by atoms with E-state index in [4.69, 9.17) is 4.74 Å². The summed E-state index contributed by atoms with van der Waals surface area (Å²) in [6.45, 7) is 7.49. The van der Waals surface area contributed by atoms with Gasteiger partial charge in [-0.3, -0.25) is 9.52 Å². The highest BCUT2D eigenvalue weighted by atomic mass is 32.2. The third-order valence-electron chi connectivity index (χ3n) is 4.73. The number of carbonyl (C=O) groups excluding carboxylic acids is 1. The molecule has 0 spiro atoms. The molecule has 0 fully saturated rings. The average Bonchev–Trinajstić information content (AvgIpc) is 2.69. The lowest BCUT2D eigenvalue weighted by Crippen LogP contribution is -2.20. The molecule has 0 saturated carbocycles. The fourth-order valence-corrected chi connectivity index (χ4v) is 4.45. The molecule has 0 atom stereocenters. The summed E-state index contributed by atoms with van der Waals surface area (Å²) in [6.07, 6.45) is 0. The number of hydrogen-bond donors (Lipinski definition) is 2. The Labute approximate surface area is 183 Å². The number of amides is 1. The van der Waals surface area contributed by atoms with Crippen molar-refractivity contribution >= 4 is 27.3 Å². The van der Waals surface area contributed by atoms with Gasteiger partial charge in [0.15, 0.2) is 6.61 Å². The Morgan fingerprint density at radius 2 is 1.45 bits per heavy atom. The molecule has 1 amide bonds. The van der Waals surface area contributed by atoms with E-state index >= 15 is 0 Å². The number of ether oxygens (including phenoxy) is 1. The molecule has 0 radical (unpaired) electrons. The monoisotopic (exact) mass is 438 g/mol. The number of carbonyl (C=O) groups is 1. The Balaban J connectivity index is 1.63. The smallest absolute Gasteiger partial charge is 0.262 e. The van der Waals surface area contributed by atoms with Crippen molar-refractivity contribution < 1.29 is 17.9 Å². The predicted octanol–water partition coefficient (Wildman–Crippen LogP) is 4.74. The SMILES string of the molecule is Cc1cc(C)cc(OCC(=O)Nc2ccc(S(=O)(=O)Nc3c(C)cccc3C)cc2)c1. The highest BCUT2D eigenvalue weighted by molar-refractivity contribution is 7.92. The molecule has 2 N–H and O–H groups in total. The van der Waals surface area contributed by atoms with E-state index in [9.17, 15) is 13.2 Å². The standard InChI is InChI=1S/C24H26N2O4S/c1-16-12-17(2)14-21(13-16)30-15-23(27)25-20-8-10-22(11-9-20)31(28,29)26-24-18(3)6-5-7-19(24)4/h5-14,26H,15H2,1-4H3,(H,25,27). The maximum atomic E-state index is 12.7. The molecule has 0 aliphatic carbocycles. The van der Waals surface area contributed by atoms with Crippen LogP contribution < -0.4 is 14.8 Å². The highest BCUT2D eigenvalue weighted by Crippen LogP contribution is 2.24. The van der Waals surface area contributed by atoms with E-state index in [0.717, 1.165) is 22.3 Å². The van der Waals surface area contributed by atoms with E-state index in [1.807, 2.05) is 64.1 Å². The normalized spacial score (nSPS) is 11.1. The predicted molar refractivity (Wildman–Crippen MR) is 123 cm³/mol. The second-order valence-electron chi connectivity index (χ2n) is 7.56. The van der Waals surface area contributed by atoms with Gasteiger partial charge in [-0.15, -0.1) is 0 Å². The first kappa shape index (κ1) is 22.4. The van der Waals surface area contributed by atoms with Crippen LogP contribution in [-0.2, 0) is 14.8 Å². The molecular weight excluding hydrogens is 412 g/mol. The van der Waals surface area contributed by atoms with E-state index < -0.39 is 10.0 Å². The molecule has 0 unspecified atom stereocenters. The quantitative estimate of drug-likeness (QED) is 0.558. The minimum atomic E-state index is -3.75. The average molecular weight is 439 g/mol. The van der Waals surface area contributed by atoms with E-state index in [2.05, 4.69) is 10.0 Å². The summed E-state index contributed by atoms with van der Waals surface area (Å²) in [5.41, 5.74) is 4.86. The molecule has 31 heavy (non-hydrogen) atoms. The zero-order valence-electron chi connectivity index (χ0n) is 18.0. The van der Waals surface area contributed by atoms with Crippen LogP contribution in [0.5, 0.6) is 5.75 Å². The maximum Gasteiger partial charge on any atom is 0.262 e. The van der Waals surface area contributed by atoms with Crippen molar-refractivity contribution in [3.8, 4) is 5.75 Å². The molecule has 162 valence electrons. The number of sulfonamides is 1. The number of para-hydroxylation sites is 1. The molecule has 0 bridgehead atoms. The molecule has 3 aromatic rings. The molecule has 0 aliphatic rings. The van der Waals surface area contributed by atoms with Crippen LogP contribution >= 0.6 is 0 Å². The van der Waals surface area contributed by atoms with Crippen LogP contribution in [0, 0.1) is 27.7 Å². The van der Waals surface area contributed by atoms with E-state index in [0.29, 0.717) is 17.1 Å². The first-order valence-corrected chi connectivity index (χ1v) is 11.3. The van der Waals surface area contributed by atoms with Crippen molar-refractivity contribution in [3.05, 3.63) is 82.9 Å². The summed E-state index contributed by atoms with van der Waals surface area (Å²) in [5, 5.41) is 2.71. The number of rotatable bonds is 7. The fourth-order valence-electron chi connectivity index (χ4n) is 3.25. The third kappa shape index (κ3) is 5.86. The number of hydrogen-bond acceptors (Lipinski definition) is 4. The van der Waals surface area contributed by atoms with Crippen LogP contribution in [0.4, 0.5) is 11.4 Å². The molecular formula is C24H26N2O4S. The van der Waals surface area contributed by atoms with Crippen LogP contribution in [0.3, 0.4) is 0 Å². The summed E-state index contributed by atoms with van der Waals surface area (Å²) >= 11 is 0. The summed E-state index contributed by atoms with van der Waals surface area (Å²) in [6, 6.07) is 17.3. The molecule has 6 nitrogen and oxygen atoms in total. The van der Waals surface area contributed by atoms with Crippen LogP contribution in [0.2, 0.25) is 0 Å². The Bertz CT molecular complexity index is 1160. The molecule has 0 aliphatic heterocycles. The lowest BCUT2D eigenvalue weighted by molar-refractivity contribution is -0.118. The minimum Gasteiger partial charge on any atom is -0.484 e. The van der Waals surface area contributed by atoms with Crippen LogP contribution in [0.15, 0.2) is 65.6 Å². The van der Waals surface area contributed by atoms with E-state index in [1.165, 1.54) is 12.1 Å². The Morgan fingerprint density at radius 1 is 0.871 bits per heavy atom. The second-order valence-corrected chi connectivity index (χ2v) is 9.24. The molecule has 0 aromatic heterocycles. The van der Waals surface area contributed by atoms with Gasteiger partial charge in [-0.2, -0.15) is 0 Å². The summed E-state index contributed by atoms with van der Waals surface area (Å²) in [4.78, 5) is 12.3. The van der Waals surface area contributed by atoms with Gasteiger partial charge in [0.05, 0.1) is 10.6 Å². The van der Waals surface area contributed by atoms with E-state index in [1.54, 1.807) is 12.1 Å². The van der Waals surface area contributed by atoms with Crippen molar-refractivity contribution in [1.29, 1.82) is 0 Å². The Morgan fingerprint density at radius 3 is 2.03 bits per heavy atom. The van der Waals surface area contributed by atoms with Crippen LogP contribution in [0.25, 0.3) is 0 Å². The Hall–Kier alpha value is -3.32. The summed E-state index contributed by atoms with van der Waals surface area (Å²) in [5.74, 6) is 0.301. The number of anilines is 2. The van der Waals surface area contributed by atoms with Gasteiger partial charge in [0, 0.05) is 5.69 Å². The summed E-state index contributed by atoms with van der Waals surface area (Å²) in [7, 11) is -3.75. The zero-order valence-corrected chi connectivity index (χ0v) is 18.8. The zero-order chi connectivity index (χ0) is 22.6. The largest absolute Gasteiger partial charge is 0.484 e. The van der Waals surface area contributed by atoms with E-state index in [-0.39, 0.29) is 17.4 Å². The molecule has 0 saturated heterocycles. The summed E-state index contributed by atoms with van der Waals surface area (Å²) < 4.78 is 33.7. The van der Waals surface area contributed by atoms with Crippen molar-refractivity contribution in [2.75, 3.05) is 16.6 Å². The van der Waals surface area contributed by atoms with Gasteiger partial charge in [0.2, 0.25) is 0 Å². The van der Waals surface area contributed by atoms with Crippen LogP contribution in [-0.4, -0.2) is 20.9 Å². The molecule has 3 aromatic carbocycles. The fraction of sp³-hybridized carbons (Fsp3) is 0.208. The van der Waals surface area contributed by atoms with Gasteiger partial charge in [0.1, 0.15) is 5.75 Å². The second kappa shape index (κ2) is 9.22. The number of benzene rings is 3. The topological polar surface area (TPSA) is 84.5 Å². The van der Waals surface area contributed by atoms with Gasteiger partial charge in [-0.1, -0.05) is 24.3 Å². The number of nitrogens with one attached hydrogen (secondary N) is 2. The van der Waals surface area contributed by atoms with Crippen molar-refractivity contribution in [1.82, 2.24) is 0 Å². The first-order valence-electron chi connectivity index (χ1n) is 9.84. The minimum absolute atomic E-state index is 0.111. The van der Waals surface area contributed by atoms with Gasteiger partial charge in [-0.05, 0) is 86.3 Å². The lowest BCUT2D eigenvalue weighted by atomic mass is 10.1. The number of aryl methyl sites for hydroxylation is 4. The highest BCUT2D eigenvalue weighted by Gasteiger charge is 2.16. The molecule has 0 heterocycles. The van der Waals surface area contributed by atoms with Crippen molar-refractivity contribution in [2.45, 2.75) is 32.6 Å². The van der Waals surface area contributed by atoms with Gasteiger partial charge < -0.3 is 10.1 Å². The first-order chi connectivity index (χ1) is 14.6. The third-order valence-corrected chi connectivity index (χ3v) is 6.10.